The van der Waals surface area contributed by atoms with Gasteiger partial charge in [0.05, 0.1) is 17.4 Å². The van der Waals surface area contributed by atoms with E-state index in [4.69, 9.17) is 5.73 Å². The van der Waals surface area contributed by atoms with E-state index in [1.165, 1.54) is 24.3 Å². The minimum Gasteiger partial charge on any atom is -0.322 e. The van der Waals surface area contributed by atoms with Crippen molar-refractivity contribution in [2.24, 2.45) is 5.73 Å². The highest BCUT2D eigenvalue weighted by molar-refractivity contribution is 5.59. The summed E-state index contributed by atoms with van der Waals surface area (Å²) in [6, 6.07) is 14.2. The molecule has 3 aromatic rings. The highest BCUT2D eigenvalue weighted by Gasteiger charge is 2.13. The van der Waals surface area contributed by atoms with Crippen LogP contribution in [0.15, 0.2) is 54.6 Å². The van der Waals surface area contributed by atoms with Crippen LogP contribution in [0.2, 0.25) is 0 Å². The molecular weight excluding hydrogens is 322 g/mol. The Morgan fingerprint density at radius 2 is 1.64 bits per heavy atom. The van der Waals surface area contributed by atoms with Gasteiger partial charge in [-0.25, -0.2) is 8.78 Å². The van der Waals surface area contributed by atoms with Crippen LogP contribution in [0, 0.1) is 11.6 Å². The van der Waals surface area contributed by atoms with E-state index in [1.54, 1.807) is 24.3 Å². The van der Waals surface area contributed by atoms with Gasteiger partial charge in [-0.1, -0.05) is 12.1 Å². The molecule has 2 aromatic carbocycles. The molecule has 2 unspecified atom stereocenters. The molecule has 2 atom stereocenters. The molecular formula is C19H20F2N4. The first-order chi connectivity index (χ1) is 12.0. The second-order valence-corrected chi connectivity index (χ2v) is 6.00. The molecule has 0 aliphatic carbocycles. The fourth-order valence-corrected chi connectivity index (χ4v) is 2.58. The lowest BCUT2D eigenvalue weighted by molar-refractivity contribution is 0.520. The van der Waals surface area contributed by atoms with Crippen molar-refractivity contribution in [2.75, 3.05) is 6.54 Å². The summed E-state index contributed by atoms with van der Waals surface area (Å²) in [5.74, 6) is -0.534. The smallest absolute Gasteiger partial charge is 0.123 e. The molecule has 25 heavy (non-hydrogen) atoms. The van der Waals surface area contributed by atoms with E-state index in [0.29, 0.717) is 6.54 Å². The van der Waals surface area contributed by atoms with Crippen molar-refractivity contribution in [2.45, 2.75) is 19.0 Å². The van der Waals surface area contributed by atoms with Crippen molar-refractivity contribution in [3.63, 3.8) is 0 Å². The van der Waals surface area contributed by atoms with Crippen molar-refractivity contribution in [3.05, 3.63) is 77.5 Å². The highest BCUT2D eigenvalue weighted by Crippen LogP contribution is 2.20. The van der Waals surface area contributed by atoms with Crippen molar-refractivity contribution in [3.8, 4) is 11.3 Å². The Labute approximate surface area is 145 Å². The largest absolute Gasteiger partial charge is 0.322 e. The highest BCUT2D eigenvalue weighted by atomic mass is 19.1. The molecule has 0 fully saturated rings. The van der Waals surface area contributed by atoms with Gasteiger partial charge in [0.2, 0.25) is 0 Å². The van der Waals surface area contributed by atoms with Crippen LogP contribution in [0.4, 0.5) is 8.78 Å². The molecule has 0 amide bonds. The van der Waals surface area contributed by atoms with Crippen LogP contribution in [-0.4, -0.2) is 16.7 Å². The zero-order valence-electron chi connectivity index (χ0n) is 13.8. The zero-order chi connectivity index (χ0) is 17.8. The average Bonchev–Trinajstić information content (AvgIpc) is 3.11. The molecule has 1 aromatic heterocycles. The van der Waals surface area contributed by atoms with E-state index in [9.17, 15) is 8.78 Å². The number of H-pyrrole nitrogens is 1. The Morgan fingerprint density at radius 1 is 1.04 bits per heavy atom. The van der Waals surface area contributed by atoms with Crippen LogP contribution in [0.25, 0.3) is 11.3 Å². The zero-order valence-corrected chi connectivity index (χ0v) is 13.8. The lowest BCUT2D eigenvalue weighted by Gasteiger charge is -2.17. The lowest BCUT2D eigenvalue weighted by Crippen LogP contribution is -2.29. The van der Waals surface area contributed by atoms with Gasteiger partial charge in [0, 0.05) is 18.2 Å². The number of halogens is 2. The maximum atomic E-state index is 13.0. The third-order valence-electron chi connectivity index (χ3n) is 4.15. The second-order valence-electron chi connectivity index (χ2n) is 6.00. The first kappa shape index (κ1) is 17.3. The van der Waals surface area contributed by atoms with Crippen LogP contribution in [0.3, 0.4) is 0 Å². The lowest BCUT2D eigenvalue weighted by atomic mass is 10.1. The number of hydrogen-bond acceptors (Lipinski definition) is 3. The van der Waals surface area contributed by atoms with Crippen molar-refractivity contribution >= 4 is 0 Å². The maximum Gasteiger partial charge on any atom is 0.123 e. The number of nitrogens with zero attached hydrogens (tertiary/aromatic N) is 1. The minimum absolute atomic E-state index is 0.0474. The fraction of sp³-hybridized carbons (Fsp3) is 0.211. The molecule has 3 rings (SSSR count). The number of nitrogens with two attached hydrogens (primary N) is 1. The van der Waals surface area contributed by atoms with E-state index in [1.807, 2.05) is 13.0 Å². The predicted octanol–water partition coefficient (Wildman–Crippen LogP) is 3.71. The maximum absolute atomic E-state index is 13.0. The molecule has 0 bridgehead atoms. The Kier molecular flexibility index (Phi) is 5.21. The number of hydrogen-bond donors (Lipinski definition) is 3. The summed E-state index contributed by atoms with van der Waals surface area (Å²) in [5.41, 5.74) is 9.53. The van der Waals surface area contributed by atoms with E-state index in [2.05, 4.69) is 15.5 Å². The number of benzene rings is 2. The van der Waals surface area contributed by atoms with Gasteiger partial charge in [-0.3, -0.25) is 5.10 Å². The summed E-state index contributed by atoms with van der Waals surface area (Å²) >= 11 is 0. The van der Waals surface area contributed by atoms with Crippen LogP contribution in [0.5, 0.6) is 0 Å². The average molecular weight is 342 g/mol. The molecule has 4 N–H and O–H groups in total. The van der Waals surface area contributed by atoms with Crippen LogP contribution < -0.4 is 11.1 Å². The monoisotopic (exact) mass is 342 g/mol. The van der Waals surface area contributed by atoms with Gasteiger partial charge in [-0.2, -0.15) is 5.10 Å². The van der Waals surface area contributed by atoms with Gasteiger partial charge in [-0.15, -0.1) is 0 Å². The number of nitrogens with one attached hydrogen (secondary N) is 2. The summed E-state index contributed by atoms with van der Waals surface area (Å²) in [6.07, 6.45) is 0. The molecule has 0 saturated heterocycles. The molecule has 0 aliphatic rings. The second kappa shape index (κ2) is 7.55. The van der Waals surface area contributed by atoms with E-state index in [0.717, 1.165) is 22.5 Å². The first-order valence-electron chi connectivity index (χ1n) is 8.08. The van der Waals surface area contributed by atoms with Gasteiger partial charge in [0.25, 0.3) is 0 Å². The topological polar surface area (TPSA) is 66.7 Å². The first-order valence-corrected chi connectivity index (χ1v) is 8.08. The summed E-state index contributed by atoms with van der Waals surface area (Å²) < 4.78 is 26.0. The van der Waals surface area contributed by atoms with Gasteiger partial charge in [-0.05, 0) is 55.0 Å². The number of aromatic amines is 1. The number of rotatable bonds is 6. The normalized spacial score (nSPS) is 13.6. The molecule has 6 heteroatoms. The van der Waals surface area contributed by atoms with E-state index < -0.39 is 0 Å². The van der Waals surface area contributed by atoms with Crippen molar-refractivity contribution < 1.29 is 8.78 Å². The molecule has 0 saturated carbocycles. The standard InChI is InChI=1S/C19H20F2N4/c1-12(13-2-6-15(20)7-3-13)23-11-17(22)19-10-18(24-25-19)14-4-8-16(21)9-5-14/h2-10,12,17,23H,11,22H2,1H3,(H,24,25). The van der Waals surface area contributed by atoms with Gasteiger partial charge >= 0.3 is 0 Å². The molecule has 0 radical (unpaired) electrons. The summed E-state index contributed by atoms with van der Waals surface area (Å²) in [5, 5.41) is 10.5. The molecule has 0 spiro atoms. The summed E-state index contributed by atoms with van der Waals surface area (Å²) in [6.45, 7) is 2.53. The predicted molar refractivity (Wildman–Crippen MR) is 93.7 cm³/mol. The molecule has 130 valence electrons. The molecule has 4 nitrogen and oxygen atoms in total. The SMILES string of the molecule is CC(NCC(N)c1cc(-c2ccc(F)cc2)n[nH]1)c1ccc(F)cc1. The van der Waals surface area contributed by atoms with E-state index >= 15 is 0 Å². The Hall–Kier alpha value is -2.57. The van der Waals surface area contributed by atoms with Crippen molar-refractivity contribution in [1.82, 2.24) is 15.5 Å². The quantitative estimate of drug-likeness (QED) is 0.640. The Balaban J connectivity index is 1.61. The third-order valence-corrected chi connectivity index (χ3v) is 4.15. The fourth-order valence-electron chi connectivity index (χ4n) is 2.58. The third kappa shape index (κ3) is 4.29. The Bertz CT molecular complexity index is 812. The van der Waals surface area contributed by atoms with Gasteiger partial charge in [0.15, 0.2) is 0 Å². The summed E-state index contributed by atoms with van der Waals surface area (Å²) in [4.78, 5) is 0. The van der Waals surface area contributed by atoms with Gasteiger partial charge in [0.1, 0.15) is 11.6 Å². The van der Waals surface area contributed by atoms with E-state index in [-0.39, 0.29) is 23.7 Å². The molecule has 1 heterocycles. The summed E-state index contributed by atoms with van der Waals surface area (Å²) in [7, 11) is 0. The molecule has 0 aliphatic heterocycles. The van der Waals surface area contributed by atoms with Gasteiger partial charge < -0.3 is 11.1 Å². The Morgan fingerprint density at radius 3 is 2.28 bits per heavy atom. The number of aromatic nitrogens is 2. The van der Waals surface area contributed by atoms with Crippen LogP contribution in [0.1, 0.15) is 30.3 Å². The van der Waals surface area contributed by atoms with Crippen molar-refractivity contribution in [1.29, 1.82) is 0 Å². The minimum atomic E-state index is -0.282. The van der Waals surface area contributed by atoms with Crippen LogP contribution in [-0.2, 0) is 0 Å². The van der Waals surface area contributed by atoms with Crippen LogP contribution >= 0.6 is 0 Å².